The summed E-state index contributed by atoms with van der Waals surface area (Å²) in [5.41, 5.74) is 1.46. The molecule has 0 unspecified atom stereocenters. The Balaban J connectivity index is 0.00000169. The molecule has 3 rings (SSSR count). The summed E-state index contributed by atoms with van der Waals surface area (Å²) < 4.78 is 0. The van der Waals surface area contributed by atoms with Crippen LogP contribution in [0.5, 0.6) is 11.5 Å². The molecule has 1 aliphatic rings. The Morgan fingerprint density at radius 1 is 0.731 bits per heavy atom. The topological polar surface area (TPSA) is 65.2 Å². The maximum absolute atomic E-state index is 9.84. The van der Waals surface area contributed by atoms with Crippen LogP contribution in [0.1, 0.15) is 36.8 Å². The number of phenols is 2. The molecule has 6 heteroatoms. The minimum Gasteiger partial charge on any atom is -1.00 e. The van der Waals surface area contributed by atoms with Gasteiger partial charge >= 0.3 is 0 Å². The van der Waals surface area contributed by atoms with Crippen molar-refractivity contribution in [3.63, 3.8) is 0 Å². The molecule has 0 spiro atoms. The molecule has 1 radical (unpaired) electrons. The van der Waals surface area contributed by atoms with Crippen molar-refractivity contribution < 1.29 is 39.7 Å². The molecule has 4 nitrogen and oxygen atoms in total. The van der Waals surface area contributed by atoms with Crippen LogP contribution in [0.15, 0.2) is 58.5 Å². The number of para-hydroxylation sites is 2. The van der Waals surface area contributed by atoms with Crippen molar-refractivity contribution in [2.24, 2.45) is 9.98 Å². The summed E-state index contributed by atoms with van der Waals surface area (Å²) in [7, 11) is 0. The average Bonchev–Trinajstić information content (AvgIpc) is 2.61. The number of nitrogens with zero attached hydrogens (tertiary/aromatic N) is 2. The maximum Gasteiger partial charge on any atom is 0.124 e. The molecule has 1 aliphatic carbocycles. The molecular weight excluding hydrogens is 391 g/mol. The van der Waals surface area contributed by atoms with Gasteiger partial charge in [-0.2, -0.15) is 0 Å². The Labute approximate surface area is 171 Å². The van der Waals surface area contributed by atoms with Crippen LogP contribution >= 0.6 is 0 Å². The van der Waals surface area contributed by atoms with Gasteiger partial charge in [0.15, 0.2) is 0 Å². The molecule has 2 N–H and O–H groups in total. The first-order valence-electron chi connectivity index (χ1n) is 8.36. The quantitative estimate of drug-likeness (QED) is 0.580. The van der Waals surface area contributed by atoms with Gasteiger partial charge in [0.1, 0.15) is 11.5 Å². The fourth-order valence-corrected chi connectivity index (χ4v) is 2.98. The van der Waals surface area contributed by atoms with Gasteiger partial charge in [-0.1, -0.05) is 37.1 Å². The fraction of sp³-hybridized carbons (Fsp3) is 0.300. The van der Waals surface area contributed by atoms with E-state index in [2.05, 4.69) is 9.98 Å². The van der Waals surface area contributed by atoms with Crippen molar-refractivity contribution >= 4 is 12.4 Å². The molecule has 2 atom stereocenters. The van der Waals surface area contributed by atoms with Gasteiger partial charge in [-0.25, -0.2) is 0 Å². The summed E-state index contributed by atoms with van der Waals surface area (Å²) in [4.78, 5) is 9.34. The number of benzene rings is 2. The van der Waals surface area contributed by atoms with E-state index in [-0.39, 0.29) is 53.1 Å². The average molecular weight is 413 g/mol. The van der Waals surface area contributed by atoms with Gasteiger partial charge in [0.25, 0.3) is 0 Å². The molecule has 0 heterocycles. The van der Waals surface area contributed by atoms with Crippen LogP contribution in [0, 0.1) is 0 Å². The number of phenolic OH excluding ortho intramolecular Hbond substituents is 2. The van der Waals surface area contributed by atoms with Gasteiger partial charge in [0, 0.05) is 40.6 Å². The largest absolute Gasteiger partial charge is 1.00 e. The molecule has 2 aromatic rings. The Morgan fingerprint density at radius 3 is 1.50 bits per heavy atom. The van der Waals surface area contributed by atoms with Crippen molar-refractivity contribution in [2.45, 2.75) is 37.8 Å². The van der Waals surface area contributed by atoms with Crippen LogP contribution < -0.4 is 12.4 Å². The molecule has 26 heavy (non-hydrogen) atoms. The third-order valence-corrected chi connectivity index (χ3v) is 4.38. The molecule has 1 saturated carbocycles. The van der Waals surface area contributed by atoms with E-state index in [0.717, 1.165) is 36.8 Å². The minimum atomic E-state index is 0. The summed E-state index contributed by atoms with van der Waals surface area (Å²) >= 11 is 0. The maximum atomic E-state index is 9.84. The summed E-state index contributed by atoms with van der Waals surface area (Å²) in [6, 6.07) is 14.6. The molecule has 1 fully saturated rings. The Morgan fingerprint density at radius 2 is 1.12 bits per heavy atom. The minimum absolute atomic E-state index is 0. The van der Waals surface area contributed by atoms with Gasteiger partial charge in [-0.3, -0.25) is 9.98 Å². The summed E-state index contributed by atoms with van der Waals surface area (Å²) in [6.07, 6.45) is 7.76. The third kappa shape index (κ3) is 5.87. The van der Waals surface area contributed by atoms with E-state index in [1.807, 2.05) is 24.3 Å². The van der Waals surface area contributed by atoms with Crippen LogP contribution in [-0.4, -0.2) is 34.7 Å². The molecule has 2 aromatic carbocycles. The normalized spacial score (nSPS) is 19.8. The summed E-state index contributed by atoms with van der Waals surface area (Å²) in [5, 5.41) is 19.7. The van der Waals surface area contributed by atoms with E-state index in [4.69, 9.17) is 0 Å². The van der Waals surface area contributed by atoms with Crippen molar-refractivity contribution in [1.29, 1.82) is 0 Å². The van der Waals surface area contributed by atoms with E-state index in [0.29, 0.717) is 0 Å². The van der Waals surface area contributed by atoms with Gasteiger partial charge < -0.3 is 22.6 Å². The number of rotatable bonds is 4. The zero-order valence-electron chi connectivity index (χ0n) is 14.3. The Kier molecular flexibility index (Phi) is 9.42. The smallest absolute Gasteiger partial charge is 0.124 e. The SMILES string of the molecule is Oc1ccccc1C=N[C@@H]1CCCC[C@H]1N=Cc1ccccc1O.[Cl-].[Mn]. The van der Waals surface area contributed by atoms with E-state index >= 15 is 0 Å². The van der Waals surface area contributed by atoms with Gasteiger partial charge in [-0.15, -0.1) is 0 Å². The van der Waals surface area contributed by atoms with Crippen LogP contribution in [0.2, 0.25) is 0 Å². The molecule has 0 amide bonds. The van der Waals surface area contributed by atoms with Crippen LogP contribution in [0.25, 0.3) is 0 Å². The molecule has 0 aromatic heterocycles. The molecule has 0 aliphatic heterocycles. The Hall–Kier alpha value is -1.81. The number of hydrogen-bond donors (Lipinski definition) is 2. The summed E-state index contributed by atoms with van der Waals surface area (Å²) in [6.45, 7) is 0. The number of halogens is 1. The van der Waals surface area contributed by atoms with Crippen LogP contribution in [0.3, 0.4) is 0 Å². The van der Waals surface area contributed by atoms with Gasteiger partial charge in [0.05, 0.1) is 12.1 Å². The third-order valence-electron chi connectivity index (χ3n) is 4.38. The first-order valence-corrected chi connectivity index (χ1v) is 8.36. The second-order valence-corrected chi connectivity index (χ2v) is 6.09. The van der Waals surface area contributed by atoms with E-state index in [9.17, 15) is 10.2 Å². The second kappa shape index (κ2) is 11.0. The standard InChI is InChI=1S/C20H22N2O2.ClH.Mn/c23-19-11-5-1-7-15(19)13-21-17-9-3-4-10-18(17)22-14-16-8-2-6-12-20(16)24;;/h1-2,5-8,11-14,17-18,23-24H,3-4,9-10H2;1H;/p-1/t17-,18-;;/m1../s1. The fourth-order valence-electron chi connectivity index (χ4n) is 2.98. The zero-order chi connectivity index (χ0) is 16.8. The van der Waals surface area contributed by atoms with Crippen molar-refractivity contribution in [3.05, 3.63) is 59.7 Å². The number of hydrogen-bond acceptors (Lipinski definition) is 4. The number of aromatic hydroxyl groups is 2. The predicted molar refractivity (Wildman–Crippen MR) is 97.4 cm³/mol. The first-order chi connectivity index (χ1) is 11.7. The molecule has 139 valence electrons. The summed E-state index contributed by atoms with van der Waals surface area (Å²) in [5.74, 6) is 0.484. The van der Waals surface area contributed by atoms with Gasteiger partial charge in [-0.05, 0) is 37.1 Å². The van der Waals surface area contributed by atoms with Crippen molar-refractivity contribution in [3.8, 4) is 11.5 Å². The monoisotopic (exact) mass is 412 g/mol. The molecule has 0 saturated heterocycles. The molecular formula is C20H22ClMnN2O2-. The van der Waals surface area contributed by atoms with E-state index in [1.54, 1.807) is 36.7 Å². The van der Waals surface area contributed by atoms with Crippen molar-refractivity contribution in [2.75, 3.05) is 0 Å². The second-order valence-electron chi connectivity index (χ2n) is 6.09. The first kappa shape index (κ1) is 22.2. The number of aliphatic imine (C=N–C) groups is 2. The van der Waals surface area contributed by atoms with Crippen molar-refractivity contribution in [1.82, 2.24) is 0 Å². The zero-order valence-corrected chi connectivity index (χ0v) is 16.2. The van der Waals surface area contributed by atoms with E-state index in [1.165, 1.54) is 0 Å². The van der Waals surface area contributed by atoms with Gasteiger partial charge in [0.2, 0.25) is 0 Å². The predicted octanol–water partition coefficient (Wildman–Crippen LogP) is 0.948. The molecule has 0 bridgehead atoms. The van der Waals surface area contributed by atoms with E-state index < -0.39 is 0 Å². The van der Waals surface area contributed by atoms with Crippen LogP contribution in [-0.2, 0) is 17.1 Å². The Bertz CT molecular complexity index is 689. The van der Waals surface area contributed by atoms with Crippen LogP contribution in [0.4, 0.5) is 0 Å².